The average Bonchev–Trinajstić information content (AvgIpc) is 3.40. The molecule has 38 heavy (non-hydrogen) atoms. The first-order valence-corrected chi connectivity index (χ1v) is 11.9. The second-order valence-corrected chi connectivity index (χ2v) is 8.75. The molecule has 1 aliphatic heterocycles. The Labute approximate surface area is 215 Å². The molecule has 0 radical (unpaired) electrons. The van der Waals surface area contributed by atoms with Crippen LogP contribution >= 0.6 is 0 Å². The second kappa shape index (κ2) is 9.47. The van der Waals surface area contributed by atoms with E-state index >= 15 is 0 Å². The average molecular weight is 518 g/mol. The number of halogens is 1. The van der Waals surface area contributed by atoms with Gasteiger partial charge in [-0.1, -0.05) is 6.07 Å². The minimum Gasteiger partial charge on any atom is -0.366 e. The number of amides is 4. The predicted octanol–water partition coefficient (Wildman–Crippen LogP) is 2.57. The number of nitrogens with zero attached hydrogens (tertiary/aromatic N) is 5. The molecule has 1 aliphatic rings. The van der Waals surface area contributed by atoms with Gasteiger partial charge in [-0.05, 0) is 49.4 Å². The van der Waals surface area contributed by atoms with E-state index in [0.717, 1.165) is 0 Å². The molecule has 3 N–H and O–H groups in total. The van der Waals surface area contributed by atoms with Gasteiger partial charge in [0.2, 0.25) is 0 Å². The summed E-state index contributed by atoms with van der Waals surface area (Å²) in [7, 11) is 1.74. The summed E-state index contributed by atoms with van der Waals surface area (Å²) in [6.07, 6.45) is 1.33. The summed E-state index contributed by atoms with van der Waals surface area (Å²) in [6, 6.07) is 12.3. The Morgan fingerprint density at radius 3 is 2.39 bits per heavy atom. The second-order valence-electron chi connectivity index (χ2n) is 8.75. The van der Waals surface area contributed by atoms with Crippen LogP contribution in [0, 0.1) is 5.82 Å². The largest absolute Gasteiger partial charge is 0.366 e. The third-order valence-electron chi connectivity index (χ3n) is 6.50. The van der Waals surface area contributed by atoms with Crippen molar-refractivity contribution in [2.75, 3.05) is 30.4 Å². The normalized spacial score (nSPS) is 13.4. The van der Waals surface area contributed by atoms with E-state index in [4.69, 9.17) is 5.73 Å². The van der Waals surface area contributed by atoms with Crippen molar-refractivity contribution in [1.82, 2.24) is 19.2 Å². The summed E-state index contributed by atoms with van der Waals surface area (Å²) in [5, 5.41) is 2.68. The number of hydrogen-bond donors (Lipinski definition) is 2. The Bertz CT molecular complexity index is 1660. The number of nitrogens with two attached hydrogens (primary N) is 1. The maximum Gasteiger partial charge on any atom is 0.324 e. The molecule has 2 aromatic heterocycles. The molecule has 1 saturated heterocycles. The highest BCUT2D eigenvalue weighted by molar-refractivity contribution is 6.11. The molecule has 12 heteroatoms. The summed E-state index contributed by atoms with van der Waals surface area (Å²) in [5.74, 6) is -2.70. The minimum atomic E-state index is -0.970. The lowest BCUT2D eigenvalue weighted by atomic mass is 10.1. The van der Waals surface area contributed by atoms with Gasteiger partial charge < -0.3 is 16.0 Å². The van der Waals surface area contributed by atoms with Crippen LogP contribution in [-0.2, 0) is 6.54 Å². The summed E-state index contributed by atoms with van der Waals surface area (Å²) < 4.78 is 17.8. The molecule has 0 unspecified atom stereocenters. The van der Waals surface area contributed by atoms with Crippen LogP contribution in [0.5, 0.6) is 0 Å². The van der Waals surface area contributed by atoms with E-state index in [2.05, 4.69) is 10.3 Å². The number of aromatic nitrogens is 3. The minimum absolute atomic E-state index is 0.0913. The lowest BCUT2D eigenvalue weighted by molar-refractivity contribution is 0.0991. The van der Waals surface area contributed by atoms with Crippen molar-refractivity contribution in [1.29, 1.82) is 0 Å². The number of aryl methyl sites for hydroxylation is 1. The number of nitrogens with one attached hydrogen (secondary N) is 1. The van der Waals surface area contributed by atoms with Gasteiger partial charge in [-0.3, -0.25) is 24.0 Å². The molecule has 0 atom stereocenters. The molecule has 0 aliphatic carbocycles. The number of carbonyl (C=O) groups is 3. The third-order valence-corrected chi connectivity index (χ3v) is 6.50. The number of carbonyl (C=O) groups excluding carboxylic acids is 3. The Morgan fingerprint density at radius 2 is 1.76 bits per heavy atom. The van der Waals surface area contributed by atoms with Gasteiger partial charge in [-0.25, -0.2) is 18.9 Å². The fraction of sp³-hybridized carbons (Fsp3) is 0.192. The zero-order valence-electron chi connectivity index (χ0n) is 20.6. The lowest BCUT2D eigenvalue weighted by Gasteiger charge is -2.17. The van der Waals surface area contributed by atoms with Crippen LogP contribution in [0.25, 0.3) is 16.6 Å². The van der Waals surface area contributed by atoms with Crippen LogP contribution in [0.1, 0.15) is 27.8 Å². The van der Waals surface area contributed by atoms with Crippen LogP contribution in [0.15, 0.2) is 59.5 Å². The monoisotopic (exact) mass is 517 g/mol. The van der Waals surface area contributed by atoms with Gasteiger partial charge in [-0.2, -0.15) is 0 Å². The number of hydrogen-bond acceptors (Lipinski definition) is 5. The van der Waals surface area contributed by atoms with Gasteiger partial charge in [0.05, 0.1) is 22.3 Å². The molecular formula is C26H24FN7O4. The van der Waals surface area contributed by atoms with Crippen LogP contribution in [-0.4, -0.2) is 57.2 Å². The molecule has 5 rings (SSSR count). The summed E-state index contributed by atoms with van der Waals surface area (Å²) in [6.45, 7) is 3.32. The molecule has 0 spiro atoms. The fourth-order valence-electron chi connectivity index (χ4n) is 4.59. The van der Waals surface area contributed by atoms with E-state index in [1.807, 2.05) is 6.92 Å². The number of anilines is 2. The van der Waals surface area contributed by atoms with Crippen molar-refractivity contribution in [3.63, 3.8) is 0 Å². The van der Waals surface area contributed by atoms with Crippen molar-refractivity contribution in [2.45, 2.75) is 13.5 Å². The van der Waals surface area contributed by atoms with Crippen molar-refractivity contribution in [3.8, 4) is 5.69 Å². The predicted molar refractivity (Wildman–Crippen MR) is 139 cm³/mol. The van der Waals surface area contributed by atoms with Gasteiger partial charge in [0.25, 0.3) is 17.4 Å². The van der Waals surface area contributed by atoms with Crippen molar-refractivity contribution < 1.29 is 18.8 Å². The first-order chi connectivity index (χ1) is 18.2. The van der Waals surface area contributed by atoms with Gasteiger partial charge >= 0.3 is 6.03 Å². The van der Waals surface area contributed by atoms with E-state index in [1.54, 1.807) is 45.8 Å². The molecule has 0 bridgehead atoms. The smallest absolute Gasteiger partial charge is 0.324 e. The Balaban J connectivity index is 1.56. The molecule has 2 aromatic carbocycles. The van der Waals surface area contributed by atoms with Gasteiger partial charge in [-0.15, -0.1) is 0 Å². The van der Waals surface area contributed by atoms with Gasteiger partial charge in [0.15, 0.2) is 11.5 Å². The SMILES string of the molecule is CCn1c2c(C(=O)Nc3cccc(C(N)=O)c3F)nccc2c(=O)n1-c1ccc(N2CCN(C)C2=O)cc1. The number of benzene rings is 2. The first kappa shape index (κ1) is 24.7. The number of rotatable bonds is 6. The van der Waals surface area contributed by atoms with Crippen LogP contribution in [0.4, 0.5) is 20.6 Å². The van der Waals surface area contributed by atoms with Crippen molar-refractivity contribution in [2.24, 2.45) is 5.73 Å². The maximum absolute atomic E-state index is 14.7. The van der Waals surface area contributed by atoms with E-state index in [-0.39, 0.29) is 39.4 Å². The third kappa shape index (κ3) is 3.95. The highest BCUT2D eigenvalue weighted by Crippen LogP contribution is 2.24. The molecule has 0 saturated carbocycles. The Kier molecular flexibility index (Phi) is 6.15. The lowest BCUT2D eigenvalue weighted by Crippen LogP contribution is -2.29. The molecule has 4 aromatic rings. The molecule has 3 heterocycles. The number of pyridine rings is 1. The van der Waals surface area contributed by atoms with E-state index in [1.165, 1.54) is 35.1 Å². The van der Waals surface area contributed by atoms with Crippen molar-refractivity contribution in [3.05, 3.63) is 82.2 Å². The maximum atomic E-state index is 14.7. The number of urea groups is 1. The zero-order chi connectivity index (χ0) is 27.1. The molecule has 4 amide bonds. The van der Waals surface area contributed by atoms with Crippen molar-refractivity contribution >= 4 is 40.1 Å². The summed E-state index contributed by atoms with van der Waals surface area (Å²) >= 11 is 0. The van der Waals surface area contributed by atoms with Crippen LogP contribution in [0.2, 0.25) is 0 Å². The van der Waals surface area contributed by atoms with Gasteiger partial charge in [0.1, 0.15) is 5.52 Å². The highest BCUT2D eigenvalue weighted by Gasteiger charge is 2.27. The topological polar surface area (TPSA) is 136 Å². The number of fused-ring (bicyclic) bond motifs is 1. The molecule has 11 nitrogen and oxygen atoms in total. The Morgan fingerprint density at radius 1 is 1.05 bits per heavy atom. The molecular weight excluding hydrogens is 493 g/mol. The molecule has 194 valence electrons. The fourth-order valence-corrected chi connectivity index (χ4v) is 4.59. The van der Waals surface area contributed by atoms with E-state index in [0.29, 0.717) is 31.0 Å². The summed E-state index contributed by atoms with van der Waals surface area (Å²) in [5.41, 5.74) is 5.64. The quantitative estimate of drug-likeness (QED) is 0.405. The summed E-state index contributed by atoms with van der Waals surface area (Å²) in [4.78, 5) is 58.0. The van der Waals surface area contributed by atoms with Crippen LogP contribution < -0.4 is 21.5 Å². The van der Waals surface area contributed by atoms with E-state index < -0.39 is 17.6 Å². The first-order valence-electron chi connectivity index (χ1n) is 11.9. The Hall–Kier alpha value is -5.00. The van der Waals surface area contributed by atoms with E-state index in [9.17, 15) is 23.6 Å². The standard InChI is InChI=1S/C26H24FN7O4/c1-3-33-22-18(11-12-29-21(22)24(36)30-19-6-4-5-17(20(19)27)23(28)35)25(37)34(33)16-9-7-15(8-10-16)32-14-13-31(2)26(32)38/h4-12H,3,13-14H2,1-2H3,(H2,28,35)(H,30,36). The highest BCUT2D eigenvalue weighted by atomic mass is 19.1. The number of likely N-dealkylation sites (N-methyl/N-ethyl adjacent to an activating group) is 1. The van der Waals surface area contributed by atoms with Crippen LogP contribution in [0.3, 0.4) is 0 Å². The zero-order valence-corrected chi connectivity index (χ0v) is 20.6. The molecule has 1 fully saturated rings. The number of primary amides is 1. The van der Waals surface area contributed by atoms with Gasteiger partial charge in [0, 0.05) is 38.6 Å².